The molecule has 0 bridgehead atoms. The lowest BCUT2D eigenvalue weighted by molar-refractivity contribution is -0.125. The summed E-state index contributed by atoms with van der Waals surface area (Å²) in [6, 6.07) is 13.1. The second-order valence-corrected chi connectivity index (χ2v) is 5.24. The Hall–Kier alpha value is -2.20. The van der Waals surface area contributed by atoms with E-state index in [4.69, 9.17) is 5.73 Å². The zero-order valence-corrected chi connectivity index (χ0v) is 12.4. The Morgan fingerprint density at radius 1 is 1.10 bits per heavy atom. The van der Waals surface area contributed by atoms with Crippen LogP contribution in [0.2, 0.25) is 0 Å². The third-order valence-electron chi connectivity index (χ3n) is 3.68. The predicted molar refractivity (Wildman–Crippen MR) is 83.3 cm³/mol. The lowest BCUT2D eigenvalue weighted by Gasteiger charge is -2.22. The number of aromatic nitrogens is 1. The van der Waals surface area contributed by atoms with Gasteiger partial charge in [0.1, 0.15) is 0 Å². The van der Waals surface area contributed by atoms with E-state index in [0.29, 0.717) is 0 Å². The summed E-state index contributed by atoms with van der Waals surface area (Å²) in [5, 5.41) is 2.99. The average molecular weight is 283 g/mol. The maximum atomic E-state index is 12.3. The van der Waals surface area contributed by atoms with Gasteiger partial charge in [-0.05, 0) is 24.1 Å². The highest BCUT2D eigenvalue weighted by Crippen LogP contribution is 2.20. The van der Waals surface area contributed by atoms with Crippen LogP contribution in [0, 0.1) is 5.92 Å². The fraction of sp³-hybridized carbons (Fsp3) is 0.294. The summed E-state index contributed by atoms with van der Waals surface area (Å²) in [6.45, 7) is 3.79. The molecule has 1 amide bonds. The molecule has 1 aromatic heterocycles. The number of nitrogens with one attached hydrogen (secondary N) is 1. The highest BCUT2D eigenvalue weighted by Gasteiger charge is 2.23. The van der Waals surface area contributed by atoms with E-state index in [9.17, 15) is 4.79 Å². The first-order valence-electron chi connectivity index (χ1n) is 7.10. The second kappa shape index (κ2) is 6.99. The molecule has 0 aliphatic heterocycles. The number of hydrogen-bond donors (Lipinski definition) is 2. The fourth-order valence-corrected chi connectivity index (χ4v) is 2.19. The van der Waals surface area contributed by atoms with Crippen LogP contribution >= 0.6 is 0 Å². The Morgan fingerprint density at radius 2 is 1.76 bits per heavy atom. The molecule has 4 nitrogen and oxygen atoms in total. The summed E-state index contributed by atoms with van der Waals surface area (Å²) in [5.74, 6) is -0.353. The second-order valence-electron chi connectivity index (χ2n) is 5.24. The van der Waals surface area contributed by atoms with Gasteiger partial charge in [-0.15, -0.1) is 0 Å². The number of pyridine rings is 1. The molecular weight excluding hydrogens is 262 g/mol. The quantitative estimate of drug-likeness (QED) is 0.886. The molecule has 1 aromatic carbocycles. The van der Waals surface area contributed by atoms with Gasteiger partial charge in [0.15, 0.2) is 0 Å². The molecule has 21 heavy (non-hydrogen) atoms. The van der Waals surface area contributed by atoms with Crippen molar-refractivity contribution in [2.24, 2.45) is 11.7 Å². The molecule has 2 aromatic rings. The van der Waals surface area contributed by atoms with Crippen molar-refractivity contribution < 1.29 is 4.79 Å². The molecule has 0 aliphatic rings. The Kier molecular flexibility index (Phi) is 5.06. The van der Waals surface area contributed by atoms with E-state index in [2.05, 4.69) is 10.3 Å². The first-order chi connectivity index (χ1) is 10.1. The number of rotatable bonds is 5. The molecule has 4 heteroatoms. The fourth-order valence-electron chi connectivity index (χ4n) is 2.19. The van der Waals surface area contributed by atoms with Crippen molar-refractivity contribution >= 4 is 5.91 Å². The largest absolute Gasteiger partial charge is 0.349 e. The van der Waals surface area contributed by atoms with Crippen LogP contribution in [0.4, 0.5) is 0 Å². The maximum absolute atomic E-state index is 12.3. The first kappa shape index (κ1) is 15.2. The van der Waals surface area contributed by atoms with Crippen LogP contribution in [0.1, 0.15) is 37.1 Å². The molecule has 2 rings (SSSR count). The molecule has 110 valence electrons. The molecule has 0 saturated heterocycles. The highest BCUT2D eigenvalue weighted by molar-refractivity contribution is 5.79. The topological polar surface area (TPSA) is 68.0 Å². The molecule has 0 fully saturated rings. The molecule has 1 heterocycles. The zero-order valence-electron chi connectivity index (χ0n) is 12.4. The molecule has 0 radical (unpaired) electrons. The van der Waals surface area contributed by atoms with Crippen molar-refractivity contribution in [3.8, 4) is 0 Å². The van der Waals surface area contributed by atoms with E-state index in [0.717, 1.165) is 11.1 Å². The minimum Gasteiger partial charge on any atom is -0.349 e. The molecule has 0 aliphatic carbocycles. The summed E-state index contributed by atoms with van der Waals surface area (Å²) < 4.78 is 0. The van der Waals surface area contributed by atoms with Crippen LogP contribution in [0.5, 0.6) is 0 Å². The van der Waals surface area contributed by atoms with Gasteiger partial charge in [-0.1, -0.05) is 43.3 Å². The Morgan fingerprint density at radius 3 is 2.38 bits per heavy atom. The molecule has 2 unspecified atom stereocenters. The van der Waals surface area contributed by atoms with Gasteiger partial charge < -0.3 is 11.1 Å². The third kappa shape index (κ3) is 3.89. The van der Waals surface area contributed by atoms with Gasteiger partial charge in [0.25, 0.3) is 0 Å². The van der Waals surface area contributed by atoms with Gasteiger partial charge in [0.2, 0.25) is 5.91 Å². The summed E-state index contributed by atoms with van der Waals surface area (Å²) >= 11 is 0. The normalized spacial score (nSPS) is 15.0. The van der Waals surface area contributed by atoms with Crippen molar-refractivity contribution in [1.29, 1.82) is 0 Å². The lowest BCUT2D eigenvalue weighted by atomic mass is 9.94. The van der Waals surface area contributed by atoms with Crippen LogP contribution in [0.25, 0.3) is 0 Å². The summed E-state index contributed by atoms with van der Waals surface area (Å²) in [6.07, 6.45) is 3.47. The van der Waals surface area contributed by atoms with Crippen LogP contribution in [0.3, 0.4) is 0 Å². The molecular formula is C17H21N3O. The third-order valence-corrected chi connectivity index (χ3v) is 3.68. The molecule has 3 N–H and O–H groups in total. The number of hydrogen-bond acceptors (Lipinski definition) is 3. The van der Waals surface area contributed by atoms with Crippen molar-refractivity contribution in [2.75, 3.05) is 0 Å². The number of carbonyl (C=O) groups excluding carboxylic acids is 1. The van der Waals surface area contributed by atoms with E-state index in [1.165, 1.54) is 0 Å². The van der Waals surface area contributed by atoms with Crippen LogP contribution in [0.15, 0.2) is 54.9 Å². The van der Waals surface area contributed by atoms with E-state index in [-0.39, 0.29) is 23.9 Å². The standard InChI is InChI=1S/C17H21N3O/c1-12(16(18)14-7-4-3-5-8-14)17(21)20-13(2)15-9-6-10-19-11-15/h3-13,16H,18H2,1-2H3,(H,20,21)/t12?,13-,16?/m1/s1. The number of amides is 1. The van der Waals surface area contributed by atoms with E-state index >= 15 is 0 Å². The monoisotopic (exact) mass is 283 g/mol. The molecule has 0 spiro atoms. The number of nitrogens with zero attached hydrogens (tertiary/aromatic N) is 1. The number of benzene rings is 1. The van der Waals surface area contributed by atoms with Crippen LogP contribution < -0.4 is 11.1 Å². The van der Waals surface area contributed by atoms with E-state index in [1.807, 2.05) is 56.3 Å². The van der Waals surface area contributed by atoms with Crippen molar-refractivity contribution in [1.82, 2.24) is 10.3 Å². The lowest BCUT2D eigenvalue weighted by Crippen LogP contribution is -2.36. The number of carbonyl (C=O) groups is 1. The minimum atomic E-state index is -0.313. The smallest absolute Gasteiger partial charge is 0.225 e. The van der Waals surface area contributed by atoms with Crippen molar-refractivity contribution in [2.45, 2.75) is 25.9 Å². The number of nitrogens with two attached hydrogens (primary N) is 1. The van der Waals surface area contributed by atoms with E-state index in [1.54, 1.807) is 12.4 Å². The minimum absolute atomic E-state index is 0.0530. The van der Waals surface area contributed by atoms with E-state index < -0.39 is 0 Å². The predicted octanol–water partition coefficient (Wildman–Crippen LogP) is 2.59. The average Bonchev–Trinajstić information content (AvgIpc) is 2.55. The van der Waals surface area contributed by atoms with Gasteiger partial charge in [-0.25, -0.2) is 0 Å². The van der Waals surface area contributed by atoms with Gasteiger partial charge in [0.05, 0.1) is 12.0 Å². The maximum Gasteiger partial charge on any atom is 0.225 e. The first-order valence-corrected chi connectivity index (χ1v) is 7.10. The zero-order chi connectivity index (χ0) is 15.2. The van der Waals surface area contributed by atoms with Crippen molar-refractivity contribution in [3.63, 3.8) is 0 Å². The van der Waals surface area contributed by atoms with Crippen LogP contribution in [-0.2, 0) is 4.79 Å². The SMILES string of the molecule is CC(C(=O)N[C@H](C)c1cccnc1)C(N)c1ccccc1. The Bertz CT molecular complexity index is 571. The van der Waals surface area contributed by atoms with Crippen LogP contribution in [-0.4, -0.2) is 10.9 Å². The summed E-state index contributed by atoms with van der Waals surface area (Å²) in [4.78, 5) is 16.4. The highest BCUT2D eigenvalue weighted by atomic mass is 16.1. The molecule has 3 atom stereocenters. The van der Waals surface area contributed by atoms with Crippen molar-refractivity contribution in [3.05, 3.63) is 66.0 Å². The van der Waals surface area contributed by atoms with Gasteiger partial charge in [0, 0.05) is 18.4 Å². The summed E-state index contributed by atoms with van der Waals surface area (Å²) in [7, 11) is 0. The Labute approximate surface area is 125 Å². The Balaban J connectivity index is 2.00. The van der Waals surface area contributed by atoms with Gasteiger partial charge >= 0.3 is 0 Å². The van der Waals surface area contributed by atoms with Gasteiger partial charge in [-0.3, -0.25) is 9.78 Å². The molecule has 0 saturated carbocycles. The summed E-state index contributed by atoms with van der Waals surface area (Å²) in [5.41, 5.74) is 8.13. The van der Waals surface area contributed by atoms with Gasteiger partial charge in [-0.2, -0.15) is 0 Å².